The summed E-state index contributed by atoms with van der Waals surface area (Å²) < 4.78 is 4.74. The fourth-order valence-electron chi connectivity index (χ4n) is 0.393. The Balaban J connectivity index is 3.10. The van der Waals surface area contributed by atoms with Crippen molar-refractivity contribution in [3.05, 3.63) is 0 Å². The topological polar surface area (TPSA) is 49.7 Å². The van der Waals surface area contributed by atoms with Gasteiger partial charge in [0.25, 0.3) is 0 Å². The van der Waals surface area contributed by atoms with Gasteiger partial charge in [-0.25, -0.2) is 0 Å². The van der Waals surface area contributed by atoms with Gasteiger partial charge >= 0.3 is 0 Å². The van der Waals surface area contributed by atoms with Gasteiger partial charge < -0.3 is 14.9 Å². The van der Waals surface area contributed by atoms with Gasteiger partial charge in [0, 0.05) is 13.5 Å². The monoisotopic (exact) mass is 120 g/mol. The molecule has 0 radical (unpaired) electrons. The maximum Gasteiger partial charge on any atom is 0.153 e. The first-order valence-electron chi connectivity index (χ1n) is 2.55. The fraction of sp³-hybridized carbons (Fsp3) is 1.00. The van der Waals surface area contributed by atoms with Gasteiger partial charge in [-0.3, -0.25) is 0 Å². The molecule has 0 bridgehead atoms. The van der Waals surface area contributed by atoms with Crippen LogP contribution in [-0.2, 0) is 4.74 Å². The molecule has 0 aliphatic rings. The van der Waals surface area contributed by atoms with E-state index in [1.54, 1.807) is 6.92 Å². The Morgan fingerprint density at radius 1 is 1.50 bits per heavy atom. The van der Waals surface area contributed by atoms with Crippen LogP contribution in [0.25, 0.3) is 0 Å². The van der Waals surface area contributed by atoms with Gasteiger partial charge in [0.1, 0.15) is 0 Å². The zero-order chi connectivity index (χ0) is 6.57. The lowest BCUT2D eigenvalue weighted by Gasteiger charge is -2.09. The van der Waals surface area contributed by atoms with Crippen molar-refractivity contribution >= 4 is 0 Å². The molecule has 0 heterocycles. The van der Waals surface area contributed by atoms with Crippen molar-refractivity contribution in [2.75, 3.05) is 7.11 Å². The van der Waals surface area contributed by atoms with Crippen LogP contribution in [0.1, 0.15) is 13.3 Å². The van der Waals surface area contributed by atoms with Crippen molar-refractivity contribution in [3.63, 3.8) is 0 Å². The van der Waals surface area contributed by atoms with Crippen LogP contribution < -0.4 is 0 Å². The van der Waals surface area contributed by atoms with E-state index >= 15 is 0 Å². The molecule has 2 N–H and O–H groups in total. The van der Waals surface area contributed by atoms with Gasteiger partial charge in [-0.1, -0.05) is 0 Å². The molecule has 0 fully saturated rings. The smallest absolute Gasteiger partial charge is 0.153 e. The number of ether oxygens (including phenoxy) is 1. The van der Waals surface area contributed by atoms with E-state index < -0.39 is 6.29 Å². The Kier molecular flexibility index (Phi) is 3.77. The van der Waals surface area contributed by atoms with Gasteiger partial charge in [-0.2, -0.15) is 0 Å². The Morgan fingerprint density at radius 2 is 2.00 bits per heavy atom. The lowest BCUT2D eigenvalue weighted by molar-refractivity contribution is -0.0730. The SMILES string of the molecule is COC(C)CC(O)O. The average Bonchev–Trinajstić information content (AvgIpc) is 1.65. The molecule has 3 nitrogen and oxygen atoms in total. The zero-order valence-electron chi connectivity index (χ0n) is 5.16. The van der Waals surface area contributed by atoms with Crippen LogP contribution in [0.5, 0.6) is 0 Å². The highest BCUT2D eigenvalue weighted by Crippen LogP contribution is 1.96. The minimum atomic E-state index is -1.25. The second-order valence-corrected chi connectivity index (χ2v) is 1.76. The Morgan fingerprint density at radius 3 is 2.12 bits per heavy atom. The van der Waals surface area contributed by atoms with Crippen molar-refractivity contribution in [2.24, 2.45) is 0 Å². The number of hydrogen-bond donors (Lipinski definition) is 2. The molecule has 0 rings (SSSR count). The summed E-state index contributed by atoms with van der Waals surface area (Å²) in [4.78, 5) is 0. The van der Waals surface area contributed by atoms with Gasteiger partial charge in [0.05, 0.1) is 6.10 Å². The molecule has 0 saturated heterocycles. The molecule has 0 aromatic rings. The molecule has 1 atom stereocenters. The number of aliphatic hydroxyl groups is 2. The summed E-state index contributed by atoms with van der Waals surface area (Å²) in [7, 11) is 1.53. The molecule has 0 amide bonds. The predicted molar refractivity (Wildman–Crippen MR) is 29.3 cm³/mol. The van der Waals surface area contributed by atoms with E-state index in [1.807, 2.05) is 0 Å². The highest BCUT2D eigenvalue weighted by atomic mass is 16.5. The van der Waals surface area contributed by atoms with E-state index in [0.717, 1.165) is 0 Å². The number of aliphatic hydroxyl groups excluding tert-OH is 1. The lowest BCUT2D eigenvalue weighted by Crippen LogP contribution is -2.15. The maximum absolute atomic E-state index is 8.33. The third kappa shape index (κ3) is 4.05. The minimum Gasteiger partial charge on any atom is -0.382 e. The molecular weight excluding hydrogens is 108 g/mol. The van der Waals surface area contributed by atoms with Crippen LogP contribution in [-0.4, -0.2) is 29.7 Å². The second-order valence-electron chi connectivity index (χ2n) is 1.76. The average molecular weight is 120 g/mol. The molecule has 0 aliphatic heterocycles. The summed E-state index contributed by atoms with van der Waals surface area (Å²) in [5, 5.41) is 16.7. The van der Waals surface area contributed by atoms with E-state index in [4.69, 9.17) is 14.9 Å². The van der Waals surface area contributed by atoms with Crippen molar-refractivity contribution < 1.29 is 14.9 Å². The van der Waals surface area contributed by atoms with Crippen LogP contribution in [0.2, 0.25) is 0 Å². The van der Waals surface area contributed by atoms with Crippen LogP contribution in [0.3, 0.4) is 0 Å². The molecule has 3 heteroatoms. The summed E-state index contributed by atoms with van der Waals surface area (Å²) in [6.07, 6.45) is -1.05. The highest BCUT2D eigenvalue weighted by molar-refractivity contribution is 4.48. The highest BCUT2D eigenvalue weighted by Gasteiger charge is 2.03. The molecule has 8 heavy (non-hydrogen) atoms. The van der Waals surface area contributed by atoms with Crippen LogP contribution in [0.15, 0.2) is 0 Å². The number of methoxy groups -OCH3 is 1. The first-order valence-corrected chi connectivity index (χ1v) is 2.55. The van der Waals surface area contributed by atoms with Gasteiger partial charge in [0.15, 0.2) is 6.29 Å². The number of hydrogen-bond acceptors (Lipinski definition) is 3. The Labute approximate surface area is 48.9 Å². The molecule has 0 aliphatic carbocycles. The summed E-state index contributed by atoms with van der Waals surface area (Å²) in [6.45, 7) is 1.78. The first kappa shape index (κ1) is 7.88. The molecular formula is C5H12O3. The summed E-state index contributed by atoms with van der Waals surface area (Å²) >= 11 is 0. The molecule has 0 spiro atoms. The Bertz CT molecular complexity index is 53.6. The first-order chi connectivity index (χ1) is 3.66. The predicted octanol–water partition coefficient (Wildman–Crippen LogP) is -0.278. The molecule has 0 aromatic heterocycles. The van der Waals surface area contributed by atoms with E-state index in [2.05, 4.69) is 0 Å². The van der Waals surface area contributed by atoms with Crippen molar-refractivity contribution in [1.29, 1.82) is 0 Å². The van der Waals surface area contributed by atoms with Gasteiger partial charge in [-0.15, -0.1) is 0 Å². The molecule has 1 unspecified atom stereocenters. The van der Waals surface area contributed by atoms with Crippen LogP contribution in [0, 0.1) is 0 Å². The second kappa shape index (κ2) is 3.83. The van der Waals surface area contributed by atoms with Crippen LogP contribution in [0.4, 0.5) is 0 Å². The zero-order valence-corrected chi connectivity index (χ0v) is 5.16. The summed E-state index contributed by atoms with van der Waals surface area (Å²) in [5.41, 5.74) is 0. The van der Waals surface area contributed by atoms with Crippen molar-refractivity contribution in [3.8, 4) is 0 Å². The minimum absolute atomic E-state index is 0.0741. The molecule has 0 aromatic carbocycles. The van der Waals surface area contributed by atoms with E-state index in [1.165, 1.54) is 7.11 Å². The fourth-order valence-corrected chi connectivity index (χ4v) is 0.393. The van der Waals surface area contributed by atoms with Crippen molar-refractivity contribution in [2.45, 2.75) is 25.7 Å². The van der Waals surface area contributed by atoms with Gasteiger partial charge in [0.2, 0.25) is 0 Å². The quantitative estimate of drug-likeness (QED) is 0.504. The lowest BCUT2D eigenvalue weighted by atomic mass is 10.3. The van der Waals surface area contributed by atoms with Crippen LogP contribution >= 0.6 is 0 Å². The van der Waals surface area contributed by atoms with Crippen molar-refractivity contribution in [1.82, 2.24) is 0 Å². The van der Waals surface area contributed by atoms with E-state index in [9.17, 15) is 0 Å². The third-order valence-corrected chi connectivity index (χ3v) is 0.945. The summed E-state index contributed by atoms with van der Waals surface area (Å²) in [5.74, 6) is 0. The van der Waals surface area contributed by atoms with Gasteiger partial charge in [-0.05, 0) is 6.92 Å². The maximum atomic E-state index is 8.33. The van der Waals surface area contributed by atoms with E-state index in [-0.39, 0.29) is 12.5 Å². The van der Waals surface area contributed by atoms with E-state index in [0.29, 0.717) is 0 Å². The summed E-state index contributed by atoms with van der Waals surface area (Å²) in [6, 6.07) is 0. The molecule has 0 saturated carbocycles. The normalized spacial score (nSPS) is 14.6. The standard InChI is InChI=1S/C5H12O3/c1-4(8-2)3-5(6)7/h4-7H,3H2,1-2H3. The third-order valence-electron chi connectivity index (χ3n) is 0.945. The molecule has 50 valence electrons. The Hall–Kier alpha value is -0.120. The largest absolute Gasteiger partial charge is 0.382 e. The number of rotatable bonds is 3.